The Kier molecular flexibility index (Phi) is 6.82. The number of rotatable bonds is 7. The van der Waals surface area contributed by atoms with Crippen molar-refractivity contribution in [2.24, 2.45) is 17.8 Å². The molecule has 0 saturated heterocycles. The summed E-state index contributed by atoms with van der Waals surface area (Å²) in [5.41, 5.74) is 8.21. The molecule has 1 aliphatic heterocycles. The lowest BCUT2D eigenvalue weighted by Crippen LogP contribution is -2.19. The molecule has 0 N–H and O–H groups in total. The summed E-state index contributed by atoms with van der Waals surface area (Å²) < 4.78 is 2.41. The molecule has 2 aromatic heterocycles. The summed E-state index contributed by atoms with van der Waals surface area (Å²) >= 11 is 3.77. The van der Waals surface area contributed by atoms with Crippen molar-refractivity contribution in [3.05, 3.63) is 157 Å². The van der Waals surface area contributed by atoms with Crippen LogP contribution in [0, 0.1) is 17.8 Å². The first-order valence-corrected chi connectivity index (χ1v) is 19.1. The van der Waals surface area contributed by atoms with Crippen LogP contribution < -0.4 is 4.90 Å². The van der Waals surface area contributed by atoms with Crippen molar-refractivity contribution in [3.8, 4) is 0 Å². The summed E-state index contributed by atoms with van der Waals surface area (Å²) in [7, 11) is 0. The molecule has 3 nitrogen and oxygen atoms in total. The number of nitrogens with zero attached hydrogens (tertiary/aromatic N) is 3. The Balaban J connectivity index is 1.24. The van der Waals surface area contributed by atoms with Gasteiger partial charge in [0.15, 0.2) is 0 Å². The van der Waals surface area contributed by atoms with Crippen LogP contribution in [0.5, 0.6) is 0 Å². The van der Waals surface area contributed by atoms with Crippen LogP contribution in [0.4, 0.5) is 11.6 Å². The first kappa shape index (κ1) is 29.2. The average molecular weight is 670 g/mol. The van der Waals surface area contributed by atoms with E-state index < -0.39 is 0 Å². The first-order valence-electron chi connectivity index (χ1n) is 17.4. The van der Waals surface area contributed by atoms with Gasteiger partial charge in [0, 0.05) is 37.8 Å². The third-order valence-electron chi connectivity index (χ3n) is 10.7. The van der Waals surface area contributed by atoms with Crippen LogP contribution >= 0.6 is 23.1 Å². The number of hydrogen-bond acceptors (Lipinski definition) is 5. The molecule has 5 heteroatoms. The van der Waals surface area contributed by atoms with Gasteiger partial charge in [0.1, 0.15) is 0 Å². The minimum absolute atomic E-state index is 0.318. The van der Waals surface area contributed by atoms with Gasteiger partial charge in [-0.25, -0.2) is 9.97 Å². The van der Waals surface area contributed by atoms with E-state index in [9.17, 15) is 0 Å². The molecule has 238 valence electrons. The van der Waals surface area contributed by atoms with E-state index in [0.717, 1.165) is 35.4 Å². The summed E-state index contributed by atoms with van der Waals surface area (Å²) in [6.45, 7) is 6.92. The van der Waals surface area contributed by atoms with Crippen molar-refractivity contribution in [1.29, 1.82) is 0 Å². The Bertz CT molecular complexity index is 2450. The number of thioether (sulfide) groups is 1. The van der Waals surface area contributed by atoms with Gasteiger partial charge in [0.05, 0.1) is 21.6 Å². The SMILES string of the molecule is C=C(/C=C\CCC)N(c1nc(C2=CC=C3C=CC=CC4C2[C@@H]34)c2sc3ccccc3c2n1)c1cc2ccccc2c2c1SC1C=CC=CC21. The lowest BCUT2D eigenvalue weighted by atomic mass is 9.88. The highest BCUT2D eigenvalue weighted by atomic mass is 32.2. The highest BCUT2D eigenvalue weighted by Crippen LogP contribution is 2.62. The molecule has 5 aliphatic rings. The number of unbranched alkanes of at least 4 members (excludes halogenated alkanes) is 1. The summed E-state index contributed by atoms with van der Waals surface area (Å²) in [6, 6.07) is 19.9. The molecule has 5 atom stereocenters. The van der Waals surface area contributed by atoms with Gasteiger partial charge < -0.3 is 0 Å². The molecular formula is C44H35N3S2. The normalized spacial score (nSPS) is 24.2. The Morgan fingerprint density at radius 1 is 0.918 bits per heavy atom. The van der Waals surface area contributed by atoms with Crippen LogP contribution in [0.25, 0.3) is 36.6 Å². The van der Waals surface area contributed by atoms with Gasteiger partial charge in [-0.3, -0.25) is 4.90 Å². The van der Waals surface area contributed by atoms with Crippen LogP contribution in [0.3, 0.4) is 0 Å². The molecule has 49 heavy (non-hydrogen) atoms. The zero-order valence-electron chi connectivity index (χ0n) is 27.3. The molecule has 1 saturated carbocycles. The monoisotopic (exact) mass is 669 g/mol. The van der Waals surface area contributed by atoms with E-state index in [2.05, 4.69) is 139 Å². The van der Waals surface area contributed by atoms with Crippen LogP contribution in [-0.2, 0) is 0 Å². The van der Waals surface area contributed by atoms with Gasteiger partial charge in [-0.1, -0.05) is 129 Å². The fraction of sp³-hybridized carbons (Fsp3) is 0.182. The van der Waals surface area contributed by atoms with Crippen LogP contribution in [0.2, 0.25) is 0 Å². The minimum Gasteiger partial charge on any atom is -0.279 e. The number of anilines is 2. The van der Waals surface area contributed by atoms with E-state index in [0.29, 0.717) is 34.9 Å². The van der Waals surface area contributed by atoms with E-state index in [1.807, 2.05) is 23.1 Å². The Labute approximate surface area is 295 Å². The predicted molar refractivity (Wildman–Crippen MR) is 210 cm³/mol. The maximum absolute atomic E-state index is 5.61. The third-order valence-corrected chi connectivity index (χ3v) is 13.2. The van der Waals surface area contributed by atoms with E-state index in [-0.39, 0.29) is 0 Å². The maximum atomic E-state index is 5.61. The molecular weight excluding hydrogens is 635 g/mol. The topological polar surface area (TPSA) is 29.0 Å². The van der Waals surface area contributed by atoms with E-state index in [1.54, 1.807) is 0 Å². The molecule has 4 unspecified atom stereocenters. The van der Waals surface area contributed by atoms with Gasteiger partial charge in [0.25, 0.3) is 0 Å². The fourth-order valence-electron chi connectivity index (χ4n) is 8.36. The van der Waals surface area contributed by atoms with Crippen LogP contribution in [-0.4, -0.2) is 15.2 Å². The number of aromatic nitrogens is 2. The second-order valence-electron chi connectivity index (χ2n) is 13.6. The minimum atomic E-state index is 0.318. The van der Waals surface area contributed by atoms with Crippen molar-refractivity contribution in [1.82, 2.24) is 9.97 Å². The Hall–Kier alpha value is -4.71. The highest BCUT2D eigenvalue weighted by Gasteiger charge is 2.54. The van der Waals surface area contributed by atoms with Crippen molar-refractivity contribution >= 4 is 71.4 Å². The van der Waals surface area contributed by atoms with Crippen LogP contribution in [0.1, 0.15) is 36.9 Å². The Morgan fingerprint density at radius 2 is 1.76 bits per heavy atom. The molecule has 3 aromatic carbocycles. The van der Waals surface area contributed by atoms with Crippen LogP contribution in [0.15, 0.2) is 150 Å². The second-order valence-corrected chi connectivity index (χ2v) is 15.8. The molecule has 0 bridgehead atoms. The zero-order valence-corrected chi connectivity index (χ0v) is 28.9. The zero-order chi connectivity index (χ0) is 32.6. The Morgan fingerprint density at radius 3 is 2.67 bits per heavy atom. The summed E-state index contributed by atoms with van der Waals surface area (Å²) in [5.74, 6) is 2.46. The van der Waals surface area contributed by atoms with Gasteiger partial charge in [-0.05, 0) is 63.9 Å². The van der Waals surface area contributed by atoms with Crippen molar-refractivity contribution in [3.63, 3.8) is 0 Å². The predicted octanol–water partition coefficient (Wildman–Crippen LogP) is 12.0. The number of allylic oxidation sites excluding steroid dienone is 13. The maximum Gasteiger partial charge on any atom is 0.235 e. The van der Waals surface area contributed by atoms with E-state index in [1.165, 1.54) is 47.2 Å². The lowest BCUT2D eigenvalue weighted by Gasteiger charge is -2.27. The summed E-state index contributed by atoms with van der Waals surface area (Å²) in [5, 5.41) is 4.08. The van der Waals surface area contributed by atoms with E-state index in [4.69, 9.17) is 16.5 Å². The second kappa shape index (κ2) is 11.4. The fourth-order valence-corrected chi connectivity index (χ4v) is 11.0. The highest BCUT2D eigenvalue weighted by molar-refractivity contribution is 8.00. The lowest BCUT2D eigenvalue weighted by molar-refractivity contribution is 0.888. The van der Waals surface area contributed by atoms with Gasteiger partial charge >= 0.3 is 0 Å². The number of benzene rings is 3. The molecule has 1 fully saturated rings. The summed E-state index contributed by atoms with van der Waals surface area (Å²) in [4.78, 5) is 14.6. The molecule has 3 heterocycles. The number of hydrogen-bond donors (Lipinski definition) is 0. The molecule has 0 spiro atoms. The molecule has 5 aromatic rings. The molecule has 10 rings (SSSR count). The number of fused-ring (bicyclic) bond motifs is 9. The van der Waals surface area contributed by atoms with Crippen molar-refractivity contribution in [2.45, 2.75) is 35.8 Å². The quantitative estimate of drug-likeness (QED) is 0.161. The molecule has 4 aliphatic carbocycles. The standard InChI is InChI=1S/C44H35N3S2/c1-3-4-5-14-26(2)47(34-25-28-16-7-8-17-29(28)39-30-18-10-12-21-35(30)48-42(34)39)44-45-40-31-19-11-13-22-36(31)49-43(40)41(46-44)33-24-23-27-15-6-9-20-32-37(27)38(32)33/h5-25,30,32,35,37-38H,2-4H2,1H3/b14-5-/t30?,32?,35?,37-,38?/m0/s1. The van der Waals surface area contributed by atoms with Gasteiger partial charge in [0.2, 0.25) is 5.95 Å². The molecule has 0 amide bonds. The average Bonchev–Trinajstić information content (AvgIpc) is 3.63. The summed E-state index contributed by atoms with van der Waals surface area (Å²) in [6.07, 6.45) is 29.3. The smallest absolute Gasteiger partial charge is 0.235 e. The van der Waals surface area contributed by atoms with Crippen molar-refractivity contribution in [2.75, 3.05) is 4.90 Å². The molecule has 0 radical (unpaired) electrons. The van der Waals surface area contributed by atoms with Gasteiger partial charge in [-0.2, -0.15) is 0 Å². The largest absolute Gasteiger partial charge is 0.279 e. The van der Waals surface area contributed by atoms with Gasteiger partial charge in [-0.15, -0.1) is 23.1 Å². The van der Waals surface area contributed by atoms with Crippen molar-refractivity contribution < 1.29 is 0 Å². The first-order chi connectivity index (χ1) is 24.2. The van der Waals surface area contributed by atoms with E-state index >= 15 is 0 Å². The third kappa shape index (κ3) is 4.56. The number of thiophene rings is 1.